The summed E-state index contributed by atoms with van der Waals surface area (Å²) in [6.45, 7) is 6.81. The van der Waals surface area contributed by atoms with Crippen LogP contribution >= 0.6 is 11.8 Å². The fraction of sp³-hybridized carbons (Fsp3) is 0.464. The molecular formula is C28H34O8S. The Hall–Kier alpha value is -2.88. The van der Waals surface area contributed by atoms with Gasteiger partial charge in [0, 0.05) is 25.3 Å². The average Bonchev–Trinajstić information content (AvgIpc) is 2.87. The van der Waals surface area contributed by atoms with Gasteiger partial charge in [-0.2, -0.15) is 0 Å². The predicted octanol–water partition coefficient (Wildman–Crippen LogP) is 4.72. The highest BCUT2D eigenvalue weighted by molar-refractivity contribution is 7.99. The van der Waals surface area contributed by atoms with Crippen LogP contribution in [-0.4, -0.2) is 61.0 Å². The first kappa shape index (κ1) is 28.7. The maximum Gasteiger partial charge on any atom is 0.338 e. The molecule has 1 fully saturated rings. The third-order valence-electron chi connectivity index (χ3n) is 5.68. The van der Waals surface area contributed by atoms with Gasteiger partial charge in [-0.3, -0.25) is 9.59 Å². The third kappa shape index (κ3) is 8.59. The molecular weight excluding hydrogens is 496 g/mol. The molecule has 5 atom stereocenters. The van der Waals surface area contributed by atoms with Gasteiger partial charge in [-0.25, -0.2) is 4.79 Å². The van der Waals surface area contributed by atoms with Crippen molar-refractivity contribution in [2.75, 3.05) is 13.2 Å². The van der Waals surface area contributed by atoms with E-state index in [2.05, 4.69) is 0 Å². The van der Waals surface area contributed by atoms with Crippen LogP contribution in [0.1, 0.15) is 49.5 Å². The quantitative estimate of drug-likeness (QED) is 0.232. The Labute approximate surface area is 221 Å². The highest BCUT2D eigenvalue weighted by atomic mass is 32.2. The van der Waals surface area contributed by atoms with E-state index in [-0.39, 0.29) is 6.61 Å². The maximum absolute atomic E-state index is 13.1. The van der Waals surface area contributed by atoms with Gasteiger partial charge in [0.2, 0.25) is 0 Å². The predicted molar refractivity (Wildman–Crippen MR) is 138 cm³/mol. The average molecular weight is 531 g/mol. The molecule has 0 amide bonds. The van der Waals surface area contributed by atoms with Crippen LogP contribution in [0.25, 0.3) is 0 Å². The summed E-state index contributed by atoms with van der Waals surface area (Å²) >= 11 is 1.36. The van der Waals surface area contributed by atoms with E-state index in [0.717, 1.165) is 23.3 Å². The summed E-state index contributed by atoms with van der Waals surface area (Å²) in [5.41, 5.74) is 0.749. The molecule has 0 spiro atoms. The number of benzene rings is 2. The second-order valence-electron chi connectivity index (χ2n) is 8.78. The molecule has 0 N–H and O–H groups in total. The van der Waals surface area contributed by atoms with Gasteiger partial charge in [-0.1, -0.05) is 61.0 Å². The molecule has 1 heterocycles. The van der Waals surface area contributed by atoms with Crippen LogP contribution in [-0.2, 0) is 33.3 Å². The molecule has 1 aliphatic rings. The van der Waals surface area contributed by atoms with Crippen molar-refractivity contribution in [3.63, 3.8) is 0 Å². The van der Waals surface area contributed by atoms with Crippen LogP contribution in [0.3, 0.4) is 0 Å². The number of ether oxygens (including phenoxy) is 5. The monoisotopic (exact) mass is 530 g/mol. The minimum absolute atomic E-state index is 0.148. The summed E-state index contributed by atoms with van der Waals surface area (Å²) in [6, 6.07) is 16.5. The molecule has 3 rings (SSSR count). The topological polar surface area (TPSA) is 97.4 Å². The van der Waals surface area contributed by atoms with Crippen LogP contribution in [0, 0.1) is 6.92 Å². The van der Waals surface area contributed by atoms with Crippen molar-refractivity contribution < 1.29 is 38.1 Å². The van der Waals surface area contributed by atoms with E-state index >= 15 is 0 Å². The molecule has 0 radical (unpaired) electrons. The van der Waals surface area contributed by atoms with Crippen LogP contribution in [0.15, 0.2) is 59.5 Å². The highest BCUT2D eigenvalue weighted by Gasteiger charge is 2.51. The third-order valence-corrected chi connectivity index (χ3v) is 6.83. The second-order valence-corrected chi connectivity index (χ2v) is 9.95. The standard InChI is InChI=1S/C28H34O8S/c1-5-6-16-32-25-24(34-20(4)30)23(17-33-19(3)29)35-28(37-22-14-12-18(2)13-15-22)26(25)36-27(31)21-10-8-7-9-11-21/h7-15,23-26,28H,5-6,16-17H2,1-4H3/t23?,24-,25?,26+,28-/m1/s1. The lowest BCUT2D eigenvalue weighted by atomic mass is 9.99. The minimum atomic E-state index is -0.961. The van der Waals surface area contributed by atoms with Crippen molar-refractivity contribution in [1.82, 2.24) is 0 Å². The highest BCUT2D eigenvalue weighted by Crippen LogP contribution is 2.38. The van der Waals surface area contributed by atoms with E-state index in [0.29, 0.717) is 12.2 Å². The number of aryl methyl sites for hydroxylation is 1. The molecule has 1 aliphatic heterocycles. The first-order valence-electron chi connectivity index (χ1n) is 12.4. The molecule has 0 aromatic heterocycles. The molecule has 9 heteroatoms. The van der Waals surface area contributed by atoms with Crippen molar-refractivity contribution in [2.24, 2.45) is 0 Å². The number of thioether (sulfide) groups is 1. The lowest BCUT2D eigenvalue weighted by molar-refractivity contribution is -0.233. The van der Waals surface area contributed by atoms with E-state index in [4.69, 9.17) is 23.7 Å². The van der Waals surface area contributed by atoms with Crippen LogP contribution < -0.4 is 0 Å². The Morgan fingerprint density at radius 3 is 2.22 bits per heavy atom. The lowest BCUT2D eigenvalue weighted by Gasteiger charge is -2.44. The molecule has 200 valence electrons. The molecule has 8 nitrogen and oxygen atoms in total. The smallest absolute Gasteiger partial charge is 0.338 e. The van der Waals surface area contributed by atoms with Crippen molar-refractivity contribution in [2.45, 2.75) is 75.3 Å². The van der Waals surface area contributed by atoms with Gasteiger partial charge in [-0.05, 0) is 37.6 Å². The number of carbonyl (C=O) groups is 3. The van der Waals surface area contributed by atoms with Gasteiger partial charge < -0.3 is 23.7 Å². The molecule has 2 aromatic carbocycles. The SMILES string of the molecule is CCCCOC1[C@H](OC(C)=O)C(COC(C)=O)O[C@H](Sc2ccc(C)cc2)[C@H]1OC(=O)c1ccccc1. The zero-order valence-electron chi connectivity index (χ0n) is 21.6. The molecule has 37 heavy (non-hydrogen) atoms. The molecule has 0 saturated carbocycles. The van der Waals surface area contributed by atoms with Crippen LogP contribution in [0.4, 0.5) is 0 Å². The number of esters is 3. The summed E-state index contributed by atoms with van der Waals surface area (Å²) in [6.07, 6.45) is -1.91. The Balaban J connectivity index is 1.99. The van der Waals surface area contributed by atoms with E-state index in [1.807, 2.05) is 44.2 Å². The maximum atomic E-state index is 13.1. The van der Waals surface area contributed by atoms with Crippen molar-refractivity contribution in [3.8, 4) is 0 Å². The number of hydrogen-bond donors (Lipinski definition) is 0. The fourth-order valence-electron chi connectivity index (χ4n) is 3.84. The summed E-state index contributed by atoms with van der Waals surface area (Å²) in [5.74, 6) is -1.59. The van der Waals surface area contributed by atoms with Crippen molar-refractivity contribution in [3.05, 3.63) is 65.7 Å². The minimum Gasteiger partial charge on any atom is -0.463 e. The van der Waals surface area contributed by atoms with Crippen LogP contribution in [0.2, 0.25) is 0 Å². The van der Waals surface area contributed by atoms with E-state index < -0.39 is 47.8 Å². The van der Waals surface area contributed by atoms with E-state index in [1.165, 1.54) is 25.6 Å². The molecule has 1 saturated heterocycles. The van der Waals surface area contributed by atoms with E-state index in [9.17, 15) is 14.4 Å². The number of carbonyl (C=O) groups excluding carboxylic acids is 3. The van der Waals surface area contributed by atoms with Crippen molar-refractivity contribution in [1.29, 1.82) is 0 Å². The molecule has 0 bridgehead atoms. The van der Waals surface area contributed by atoms with Crippen molar-refractivity contribution >= 4 is 29.7 Å². The molecule has 2 unspecified atom stereocenters. The van der Waals surface area contributed by atoms with Gasteiger partial charge >= 0.3 is 17.9 Å². The normalized spacial score (nSPS) is 23.2. The van der Waals surface area contributed by atoms with Crippen LogP contribution in [0.5, 0.6) is 0 Å². The number of rotatable bonds is 11. The van der Waals surface area contributed by atoms with Gasteiger partial charge in [-0.15, -0.1) is 0 Å². The summed E-state index contributed by atoms with van der Waals surface area (Å²) in [7, 11) is 0. The fourth-order valence-corrected chi connectivity index (χ4v) is 4.94. The lowest BCUT2D eigenvalue weighted by Crippen LogP contribution is -2.61. The van der Waals surface area contributed by atoms with Gasteiger partial charge in [0.05, 0.1) is 5.56 Å². The number of hydrogen-bond acceptors (Lipinski definition) is 9. The molecule has 0 aliphatic carbocycles. The Morgan fingerprint density at radius 1 is 0.892 bits per heavy atom. The van der Waals surface area contributed by atoms with Gasteiger partial charge in [0.15, 0.2) is 12.2 Å². The number of unbranched alkanes of at least 4 members (excludes halogenated alkanes) is 1. The first-order chi connectivity index (χ1) is 17.8. The Bertz CT molecular complexity index is 1030. The van der Waals surface area contributed by atoms with E-state index in [1.54, 1.807) is 24.3 Å². The zero-order valence-corrected chi connectivity index (χ0v) is 22.4. The Morgan fingerprint density at radius 2 is 1.59 bits per heavy atom. The second kappa shape index (κ2) is 14.2. The van der Waals surface area contributed by atoms with Gasteiger partial charge in [0.25, 0.3) is 0 Å². The largest absolute Gasteiger partial charge is 0.463 e. The summed E-state index contributed by atoms with van der Waals surface area (Å²) in [5, 5.41) is 0. The zero-order chi connectivity index (χ0) is 26.8. The molecule has 2 aromatic rings. The summed E-state index contributed by atoms with van der Waals surface area (Å²) < 4.78 is 29.4. The van der Waals surface area contributed by atoms with Gasteiger partial charge in [0.1, 0.15) is 24.3 Å². The first-order valence-corrected chi connectivity index (χ1v) is 13.2. The Kier molecular flexibility index (Phi) is 11.0. The summed E-state index contributed by atoms with van der Waals surface area (Å²) in [4.78, 5) is 37.7.